The molecule has 0 amide bonds. The minimum Gasteiger partial charge on any atom is -0.490 e. The Morgan fingerprint density at radius 3 is 2.94 bits per heavy atom. The lowest BCUT2D eigenvalue weighted by molar-refractivity contribution is 0.203. The second-order valence-electron chi connectivity index (χ2n) is 4.11. The van der Waals surface area contributed by atoms with E-state index in [1.807, 2.05) is 19.2 Å². The lowest BCUT2D eigenvalue weighted by Gasteiger charge is -2.12. The summed E-state index contributed by atoms with van der Waals surface area (Å²) in [5.74, 6) is 1.77. The van der Waals surface area contributed by atoms with Crippen LogP contribution >= 0.6 is 0 Å². The van der Waals surface area contributed by atoms with Crippen LogP contribution in [0.4, 0.5) is 0 Å². The molecule has 0 spiro atoms. The molecule has 3 nitrogen and oxygen atoms in total. The van der Waals surface area contributed by atoms with Crippen LogP contribution in [0.1, 0.15) is 31.9 Å². The summed E-state index contributed by atoms with van der Waals surface area (Å²) < 4.78 is 11.5. The van der Waals surface area contributed by atoms with E-state index in [2.05, 4.69) is 25.2 Å². The van der Waals surface area contributed by atoms with Crippen molar-refractivity contribution in [2.75, 3.05) is 13.7 Å². The van der Waals surface area contributed by atoms with E-state index in [-0.39, 0.29) is 12.1 Å². The molecule has 3 heteroatoms. The molecule has 1 heterocycles. The largest absolute Gasteiger partial charge is 0.490 e. The molecule has 0 fully saturated rings. The Morgan fingerprint density at radius 2 is 2.25 bits per heavy atom. The van der Waals surface area contributed by atoms with Crippen molar-refractivity contribution in [1.29, 1.82) is 0 Å². The van der Waals surface area contributed by atoms with Crippen molar-refractivity contribution >= 4 is 0 Å². The van der Waals surface area contributed by atoms with Crippen LogP contribution in [0.25, 0.3) is 0 Å². The van der Waals surface area contributed by atoms with Gasteiger partial charge in [0.05, 0.1) is 12.6 Å². The van der Waals surface area contributed by atoms with Gasteiger partial charge in [-0.15, -0.1) is 0 Å². The summed E-state index contributed by atoms with van der Waals surface area (Å²) in [6.07, 6.45) is 1.17. The predicted octanol–water partition coefficient (Wildman–Crippen LogP) is 2.52. The van der Waals surface area contributed by atoms with Crippen molar-refractivity contribution in [2.24, 2.45) is 0 Å². The standard InChI is InChI=1S/C13H19NO2/c1-4-8-15-11-7-5-6-10-12(14-3)9(2)16-13(10)11/h5-7,9,12,14H,4,8H2,1-3H3. The summed E-state index contributed by atoms with van der Waals surface area (Å²) in [6, 6.07) is 6.35. The van der Waals surface area contributed by atoms with Crippen LogP contribution in [0.2, 0.25) is 0 Å². The van der Waals surface area contributed by atoms with E-state index < -0.39 is 0 Å². The maximum absolute atomic E-state index is 5.85. The number of hydrogen-bond donors (Lipinski definition) is 1. The van der Waals surface area contributed by atoms with Crippen molar-refractivity contribution in [3.63, 3.8) is 0 Å². The van der Waals surface area contributed by atoms with Crippen LogP contribution in [0, 0.1) is 0 Å². The maximum atomic E-state index is 5.85. The molecular weight excluding hydrogens is 202 g/mol. The second kappa shape index (κ2) is 4.74. The lowest BCUT2D eigenvalue weighted by Crippen LogP contribution is -2.25. The van der Waals surface area contributed by atoms with Gasteiger partial charge in [-0.2, -0.15) is 0 Å². The average Bonchev–Trinajstić information content (AvgIpc) is 2.62. The zero-order valence-corrected chi connectivity index (χ0v) is 10.1. The van der Waals surface area contributed by atoms with Crippen molar-refractivity contribution in [1.82, 2.24) is 5.32 Å². The molecular formula is C13H19NO2. The molecule has 0 bridgehead atoms. The summed E-state index contributed by atoms with van der Waals surface area (Å²) in [4.78, 5) is 0. The highest BCUT2D eigenvalue weighted by Gasteiger charge is 2.32. The van der Waals surface area contributed by atoms with Crippen LogP contribution in [0.5, 0.6) is 11.5 Å². The Bertz CT molecular complexity index is 365. The first-order valence-corrected chi connectivity index (χ1v) is 5.87. The quantitative estimate of drug-likeness (QED) is 0.847. The molecule has 16 heavy (non-hydrogen) atoms. The van der Waals surface area contributed by atoms with E-state index in [0.717, 1.165) is 24.5 Å². The molecule has 1 N–H and O–H groups in total. The van der Waals surface area contributed by atoms with Gasteiger partial charge in [0.2, 0.25) is 0 Å². The van der Waals surface area contributed by atoms with E-state index in [0.29, 0.717) is 0 Å². The van der Waals surface area contributed by atoms with E-state index >= 15 is 0 Å². The SMILES string of the molecule is CCCOc1cccc2c1OC(C)C2NC. The number of likely N-dealkylation sites (N-methyl/N-ethyl adjacent to an activating group) is 1. The Kier molecular flexibility index (Phi) is 3.34. The van der Waals surface area contributed by atoms with E-state index in [9.17, 15) is 0 Å². The molecule has 2 atom stereocenters. The van der Waals surface area contributed by atoms with Crippen LogP contribution in [-0.2, 0) is 0 Å². The first-order valence-electron chi connectivity index (χ1n) is 5.87. The molecule has 0 saturated heterocycles. The maximum Gasteiger partial charge on any atom is 0.166 e. The number of rotatable bonds is 4. The van der Waals surface area contributed by atoms with Crippen molar-refractivity contribution in [3.05, 3.63) is 23.8 Å². The Hall–Kier alpha value is -1.22. The van der Waals surface area contributed by atoms with Crippen molar-refractivity contribution in [3.8, 4) is 11.5 Å². The molecule has 0 saturated carbocycles. The third-order valence-electron chi connectivity index (χ3n) is 2.89. The van der Waals surface area contributed by atoms with Gasteiger partial charge in [-0.25, -0.2) is 0 Å². The van der Waals surface area contributed by atoms with Gasteiger partial charge in [0.25, 0.3) is 0 Å². The first kappa shape index (κ1) is 11.3. The molecule has 1 aromatic rings. The van der Waals surface area contributed by atoms with Gasteiger partial charge in [-0.05, 0) is 26.5 Å². The van der Waals surface area contributed by atoms with Gasteiger partial charge in [-0.1, -0.05) is 19.1 Å². The third kappa shape index (κ3) is 1.87. The molecule has 2 rings (SSSR count). The predicted molar refractivity (Wildman–Crippen MR) is 64.1 cm³/mol. The van der Waals surface area contributed by atoms with Gasteiger partial charge in [-0.3, -0.25) is 0 Å². The molecule has 88 valence electrons. The van der Waals surface area contributed by atoms with Crippen molar-refractivity contribution < 1.29 is 9.47 Å². The second-order valence-corrected chi connectivity index (χ2v) is 4.11. The smallest absolute Gasteiger partial charge is 0.166 e. The number of nitrogens with one attached hydrogen (secondary N) is 1. The summed E-state index contributed by atoms with van der Waals surface area (Å²) in [5, 5.41) is 3.27. The minimum atomic E-state index is 0.159. The fourth-order valence-electron chi connectivity index (χ4n) is 2.13. The topological polar surface area (TPSA) is 30.5 Å². The lowest BCUT2D eigenvalue weighted by atomic mass is 10.0. The highest BCUT2D eigenvalue weighted by atomic mass is 16.5. The average molecular weight is 221 g/mol. The van der Waals surface area contributed by atoms with Crippen LogP contribution < -0.4 is 14.8 Å². The first-order chi connectivity index (χ1) is 7.77. The highest BCUT2D eigenvalue weighted by Crippen LogP contribution is 2.42. The molecule has 0 radical (unpaired) electrons. The molecule has 2 unspecified atom stereocenters. The number of ether oxygens (including phenoxy) is 2. The van der Waals surface area contributed by atoms with E-state index in [1.165, 1.54) is 5.56 Å². The Balaban J connectivity index is 2.28. The highest BCUT2D eigenvalue weighted by molar-refractivity contribution is 5.51. The monoisotopic (exact) mass is 221 g/mol. The minimum absolute atomic E-state index is 0.159. The van der Waals surface area contributed by atoms with Gasteiger partial charge in [0.15, 0.2) is 11.5 Å². The number of fused-ring (bicyclic) bond motifs is 1. The molecule has 0 aliphatic carbocycles. The van der Waals surface area contributed by atoms with Crippen LogP contribution in [-0.4, -0.2) is 19.8 Å². The third-order valence-corrected chi connectivity index (χ3v) is 2.89. The summed E-state index contributed by atoms with van der Waals surface area (Å²) >= 11 is 0. The molecule has 1 aromatic carbocycles. The molecule has 0 aromatic heterocycles. The van der Waals surface area contributed by atoms with Gasteiger partial charge in [0, 0.05) is 5.56 Å². The number of hydrogen-bond acceptors (Lipinski definition) is 3. The van der Waals surface area contributed by atoms with Crippen LogP contribution in [0.3, 0.4) is 0 Å². The summed E-state index contributed by atoms with van der Waals surface area (Å²) in [7, 11) is 1.96. The summed E-state index contributed by atoms with van der Waals surface area (Å²) in [5.41, 5.74) is 1.20. The Morgan fingerprint density at radius 1 is 1.44 bits per heavy atom. The zero-order chi connectivity index (χ0) is 11.5. The fraction of sp³-hybridized carbons (Fsp3) is 0.538. The van der Waals surface area contributed by atoms with E-state index in [4.69, 9.17) is 9.47 Å². The number of para-hydroxylation sites is 1. The van der Waals surface area contributed by atoms with Crippen LogP contribution in [0.15, 0.2) is 18.2 Å². The number of benzene rings is 1. The van der Waals surface area contributed by atoms with Gasteiger partial charge in [0.1, 0.15) is 6.10 Å². The molecule has 1 aliphatic rings. The zero-order valence-electron chi connectivity index (χ0n) is 10.1. The normalized spacial score (nSPS) is 22.7. The fourth-order valence-corrected chi connectivity index (χ4v) is 2.13. The Labute approximate surface area is 96.8 Å². The van der Waals surface area contributed by atoms with Gasteiger partial charge < -0.3 is 14.8 Å². The van der Waals surface area contributed by atoms with E-state index in [1.54, 1.807) is 0 Å². The van der Waals surface area contributed by atoms with Gasteiger partial charge >= 0.3 is 0 Å². The molecule has 1 aliphatic heterocycles. The van der Waals surface area contributed by atoms with Crippen molar-refractivity contribution in [2.45, 2.75) is 32.4 Å². The summed E-state index contributed by atoms with van der Waals surface area (Å²) in [6.45, 7) is 4.91.